The van der Waals surface area contributed by atoms with Crippen molar-refractivity contribution in [3.05, 3.63) is 69.0 Å². The third kappa shape index (κ3) is 4.44. The van der Waals surface area contributed by atoms with Gasteiger partial charge in [0.05, 0.1) is 18.6 Å². The number of methoxy groups -OCH3 is 1. The lowest BCUT2D eigenvalue weighted by Gasteiger charge is -2.27. The number of hydrogen-bond donors (Lipinski definition) is 1. The molecule has 0 aliphatic carbocycles. The van der Waals surface area contributed by atoms with Crippen LogP contribution in [0.3, 0.4) is 0 Å². The molecule has 31 heavy (non-hydrogen) atoms. The first-order chi connectivity index (χ1) is 14.9. The number of allylic oxidation sites excluding steroid dienone is 1. The summed E-state index contributed by atoms with van der Waals surface area (Å²) in [6, 6.07) is 11.3. The van der Waals surface area contributed by atoms with Gasteiger partial charge in [0.15, 0.2) is 0 Å². The van der Waals surface area contributed by atoms with Gasteiger partial charge in [-0.1, -0.05) is 26.0 Å². The SMILES string of the molecule is CCN(CC)CCCn1c(C)cc2c(c1=O)[C@@H](c1ccc(OC)cc1)C(C#N)=C(N)O2. The molecular weight excluding hydrogens is 392 g/mol. The highest BCUT2D eigenvalue weighted by Crippen LogP contribution is 2.40. The van der Waals surface area contributed by atoms with E-state index in [0.29, 0.717) is 23.6 Å². The van der Waals surface area contributed by atoms with Gasteiger partial charge >= 0.3 is 0 Å². The lowest BCUT2D eigenvalue weighted by Crippen LogP contribution is -2.33. The van der Waals surface area contributed by atoms with Crippen LogP contribution in [-0.2, 0) is 6.54 Å². The fraction of sp³-hybridized carbons (Fsp3) is 0.417. The summed E-state index contributed by atoms with van der Waals surface area (Å²) in [5, 5.41) is 9.78. The summed E-state index contributed by atoms with van der Waals surface area (Å²) in [6.07, 6.45) is 0.859. The van der Waals surface area contributed by atoms with Crippen molar-refractivity contribution >= 4 is 0 Å². The lowest BCUT2D eigenvalue weighted by molar-refractivity contribution is 0.292. The van der Waals surface area contributed by atoms with E-state index in [2.05, 4.69) is 24.8 Å². The molecule has 0 amide bonds. The second-order valence-electron chi connectivity index (χ2n) is 7.60. The molecule has 2 N–H and O–H groups in total. The van der Waals surface area contributed by atoms with E-state index in [-0.39, 0.29) is 17.0 Å². The molecule has 1 aliphatic rings. The molecule has 0 radical (unpaired) electrons. The molecule has 0 saturated heterocycles. The van der Waals surface area contributed by atoms with Gasteiger partial charge in [-0.3, -0.25) is 4.79 Å². The molecule has 3 rings (SSSR count). The van der Waals surface area contributed by atoms with E-state index >= 15 is 0 Å². The Hall–Kier alpha value is -3.24. The summed E-state index contributed by atoms with van der Waals surface area (Å²) < 4.78 is 12.7. The van der Waals surface area contributed by atoms with Crippen molar-refractivity contribution in [1.82, 2.24) is 9.47 Å². The number of nitriles is 1. The maximum absolute atomic E-state index is 13.6. The first-order valence-corrected chi connectivity index (χ1v) is 10.6. The molecule has 164 valence electrons. The first kappa shape index (κ1) is 22.4. The van der Waals surface area contributed by atoms with Crippen molar-refractivity contribution in [2.24, 2.45) is 5.73 Å². The molecule has 2 aromatic rings. The van der Waals surface area contributed by atoms with E-state index in [1.807, 2.05) is 37.3 Å². The number of hydrogen-bond acceptors (Lipinski definition) is 6. The zero-order chi connectivity index (χ0) is 22.5. The molecule has 0 spiro atoms. The van der Waals surface area contributed by atoms with E-state index in [0.717, 1.165) is 37.3 Å². The van der Waals surface area contributed by atoms with Gasteiger partial charge in [-0.2, -0.15) is 5.26 Å². The van der Waals surface area contributed by atoms with E-state index in [1.54, 1.807) is 11.7 Å². The Balaban J connectivity index is 2.06. The average molecular weight is 423 g/mol. The van der Waals surface area contributed by atoms with Gasteiger partial charge in [-0.25, -0.2) is 0 Å². The van der Waals surface area contributed by atoms with Crippen molar-refractivity contribution in [2.45, 2.75) is 39.7 Å². The van der Waals surface area contributed by atoms with Gasteiger partial charge in [0.1, 0.15) is 23.1 Å². The molecule has 2 heterocycles. The minimum atomic E-state index is -0.582. The van der Waals surface area contributed by atoms with Crippen LogP contribution >= 0.6 is 0 Å². The van der Waals surface area contributed by atoms with Gasteiger partial charge in [-0.05, 0) is 50.7 Å². The highest BCUT2D eigenvalue weighted by atomic mass is 16.5. The third-order valence-electron chi connectivity index (χ3n) is 5.89. The second-order valence-corrected chi connectivity index (χ2v) is 7.60. The number of aryl methyl sites for hydroxylation is 1. The maximum atomic E-state index is 13.6. The number of aromatic nitrogens is 1. The predicted molar refractivity (Wildman–Crippen MR) is 120 cm³/mol. The van der Waals surface area contributed by atoms with E-state index in [9.17, 15) is 10.1 Å². The number of nitrogens with zero attached hydrogens (tertiary/aromatic N) is 3. The normalized spacial score (nSPS) is 15.4. The molecule has 0 saturated carbocycles. The number of pyridine rings is 1. The van der Waals surface area contributed by atoms with E-state index in [4.69, 9.17) is 15.2 Å². The molecule has 0 unspecified atom stereocenters. The van der Waals surface area contributed by atoms with Crippen molar-refractivity contribution in [2.75, 3.05) is 26.7 Å². The van der Waals surface area contributed by atoms with Crippen LogP contribution < -0.4 is 20.8 Å². The Morgan fingerprint density at radius 2 is 1.94 bits per heavy atom. The molecule has 1 atom stereocenters. The predicted octanol–water partition coefficient (Wildman–Crippen LogP) is 3.12. The molecule has 1 aliphatic heterocycles. The Bertz CT molecular complexity index is 1060. The van der Waals surface area contributed by atoms with Gasteiger partial charge in [0.2, 0.25) is 5.88 Å². The number of nitrogens with two attached hydrogens (primary N) is 1. The largest absolute Gasteiger partial charge is 0.497 e. The van der Waals surface area contributed by atoms with Crippen LogP contribution in [0.2, 0.25) is 0 Å². The quantitative estimate of drug-likeness (QED) is 0.703. The van der Waals surface area contributed by atoms with E-state index < -0.39 is 5.92 Å². The summed E-state index contributed by atoms with van der Waals surface area (Å²) in [5.41, 5.74) is 8.22. The molecule has 0 fully saturated rings. The maximum Gasteiger partial charge on any atom is 0.258 e. The number of benzene rings is 1. The molecule has 7 heteroatoms. The zero-order valence-corrected chi connectivity index (χ0v) is 18.6. The minimum Gasteiger partial charge on any atom is -0.497 e. The third-order valence-corrected chi connectivity index (χ3v) is 5.89. The summed E-state index contributed by atoms with van der Waals surface area (Å²) in [4.78, 5) is 15.9. The van der Waals surface area contributed by atoms with Crippen molar-refractivity contribution < 1.29 is 9.47 Å². The van der Waals surface area contributed by atoms with Crippen LogP contribution in [0.4, 0.5) is 0 Å². The highest BCUT2D eigenvalue weighted by molar-refractivity contribution is 5.55. The van der Waals surface area contributed by atoms with Crippen LogP contribution in [0.5, 0.6) is 11.5 Å². The monoisotopic (exact) mass is 422 g/mol. The summed E-state index contributed by atoms with van der Waals surface area (Å²) in [7, 11) is 1.59. The molecule has 7 nitrogen and oxygen atoms in total. The Kier molecular flexibility index (Phi) is 7.03. The minimum absolute atomic E-state index is 0.0360. The van der Waals surface area contributed by atoms with Crippen LogP contribution in [0, 0.1) is 18.3 Å². The summed E-state index contributed by atoms with van der Waals surface area (Å²) in [5.74, 6) is 0.569. The van der Waals surface area contributed by atoms with Gasteiger partial charge < -0.3 is 24.7 Å². The topological polar surface area (TPSA) is 93.5 Å². The Morgan fingerprint density at radius 3 is 2.52 bits per heavy atom. The standard InChI is InChI=1S/C24H30N4O3/c1-5-27(6-2)12-7-13-28-16(3)14-20-22(24(28)29)21(19(15-25)23(26)31-20)17-8-10-18(30-4)11-9-17/h8-11,14,21H,5-7,12-13,26H2,1-4H3/t21-/m0/s1. The number of fused-ring (bicyclic) bond motifs is 1. The molecular formula is C24H30N4O3. The van der Waals surface area contributed by atoms with Crippen LogP contribution in [-0.4, -0.2) is 36.2 Å². The van der Waals surface area contributed by atoms with Crippen LogP contribution in [0.15, 0.2) is 46.6 Å². The van der Waals surface area contributed by atoms with Gasteiger partial charge in [0, 0.05) is 18.3 Å². The zero-order valence-electron chi connectivity index (χ0n) is 18.6. The van der Waals surface area contributed by atoms with Crippen molar-refractivity contribution in [3.63, 3.8) is 0 Å². The van der Waals surface area contributed by atoms with Gasteiger partial charge in [0.25, 0.3) is 5.56 Å². The second kappa shape index (κ2) is 9.71. The summed E-state index contributed by atoms with van der Waals surface area (Å²) >= 11 is 0. The smallest absolute Gasteiger partial charge is 0.258 e. The Morgan fingerprint density at radius 1 is 1.26 bits per heavy atom. The van der Waals surface area contributed by atoms with Crippen molar-refractivity contribution in [1.29, 1.82) is 5.26 Å². The molecule has 0 bridgehead atoms. The number of ether oxygens (including phenoxy) is 2. The highest BCUT2D eigenvalue weighted by Gasteiger charge is 2.34. The number of rotatable bonds is 8. The van der Waals surface area contributed by atoms with Crippen molar-refractivity contribution in [3.8, 4) is 17.6 Å². The fourth-order valence-electron chi connectivity index (χ4n) is 4.09. The van der Waals surface area contributed by atoms with Gasteiger partial charge in [-0.15, -0.1) is 0 Å². The average Bonchev–Trinajstić information content (AvgIpc) is 2.77. The van der Waals surface area contributed by atoms with E-state index in [1.165, 1.54) is 0 Å². The first-order valence-electron chi connectivity index (χ1n) is 10.6. The van der Waals surface area contributed by atoms with Crippen LogP contribution in [0.1, 0.15) is 43.0 Å². The van der Waals surface area contributed by atoms with Crippen LogP contribution in [0.25, 0.3) is 0 Å². The fourth-order valence-corrected chi connectivity index (χ4v) is 4.09. The Labute approximate surface area is 183 Å². The molecule has 1 aromatic heterocycles. The molecule has 1 aromatic carbocycles. The lowest BCUT2D eigenvalue weighted by atomic mass is 9.84. The summed E-state index contributed by atoms with van der Waals surface area (Å²) in [6.45, 7) is 9.66.